The predicted molar refractivity (Wildman–Crippen MR) is 77.9 cm³/mol. The van der Waals surface area contributed by atoms with Gasteiger partial charge in [-0.2, -0.15) is 0 Å². The number of aromatic nitrogens is 2. The van der Waals surface area contributed by atoms with Gasteiger partial charge in [-0.25, -0.2) is 9.97 Å². The number of ether oxygens (including phenoxy) is 1. The second kappa shape index (κ2) is 7.56. The zero-order valence-electron chi connectivity index (χ0n) is 12.9. The number of hydrogen-bond donors (Lipinski definition) is 1. The molecular weight excluding hydrogens is 238 g/mol. The van der Waals surface area contributed by atoms with E-state index in [2.05, 4.69) is 43.0 Å². The molecule has 1 heterocycles. The van der Waals surface area contributed by atoms with E-state index in [9.17, 15) is 0 Å². The standard InChI is InChI=1S/C15H27N3O/c1-6-9-16-11-12-8-10-17-14(18-12)13(19-7-2)15(3,4)5/h8,10,13,16H,6-7,9,11H2,1-5H3. The molecule has 4 heteroatoms. The molecule has 0 bridgehead atoms. The molecular formula is C15H27N3O. The maximum absolute atomic E-state index is 5.83. The van der Waals surface area contributed by atoms with Crippen LogP contribution in [0.4, 0.5) is 0 Å². The van der Waals surface area contributed by atoms with Crippen molar-refractivity contribution >= 4 is 0 Å². The van der Waals surface area contributed by atoms with Gasteiger partial charge in [0.2, 0.25) is 0 Å². The van der Waals surface area contributed by atoms with E-state index < -0.39 is 0 Å². The van der Waals surface area contributed by atoms with Crippen LogP contribution in [0.2, 0.25) is 0 Å². The molecule has 1 aromatic rings. The van der Waals surface area contributed by atoms with Gasteiger partial charge in [0.1, 0.15) is 6.10 Å². The fourth-order valence-corrected chi connectivity index (χ4v) is 1.91. The van der Waals surface area contributed by atoms with Crippen LogP contribution in [0.25, 0.3) is 0 Å². The summed E-state index contributed by atoms with van der Waals surface area (Å²) in [7, 11) is 0. The van der Waals surface area contributed by atoms with Crippen LogP contribution >= 0.6 is 0 Å². The molecule has 1 atom stereocenters. The van der Waals surface area contributed by atoms with Crippen molar-refractivity contribution in [3.63, 3.8) is 0 Å². The molecule has 19 heavy (non-hydrogen) atoms. The summed E-state index contributed by atoms with van der Waals surface area (Å²) in [5, 5.41) is 3.36. The zero-order valence-corrected chi connectivity index (χ0v) is 12.9. The van der Waals surface area contributed by atoms with Gasteiger partial charge < -0.3 is 10.1 Å². The van der Waals surface area contributed by atoms with Crippen molar-refractivity contribution in [1.29, 1.82) is 0 Å². The minimum absolute atomic E-state index is 0.00845. The SMILES string of the molecule is CCCNCc1ccnc(C(OCC)C(C)(C)C)n1. The minimum Gasteiger partial charge on any atom is -0.370 e. The summed E-state index contributed by atoms with van der Waals surface area (Å²) in [4.78, 5) is 9.02. The number of nitrogens with one attached hydrogen (secondary N) is 1. The van der Waals surface area contributed by atoms with E-state index in [1.165, 1.54) is 0 Å². The lowest BCUT2D eigenvalue weighted by atomic mass is 9.88. The lowest BCUT2D eigenvalue weighted by molar-refractivity contribution is -0.0192. The Morgan fingerprint density at radius 3 is 2.63 bits per heavy atom. The average Bonchev–Trinajstić information content (AvgIpc) is 2.35. The van der Waals surface area contributed by atoms with Crippen LogP contribution in [0, 0.1) is 5.41 Å². The second-order valence-corrected chi connectivity index (χ2v) is 5.78. The monoisotopic (exact) mass is 265 g/mol. The molecule has 0 aliphatic rings. The summed E-state index contributed by atoms with van der Waals surface area (Å²) in [6.07, 6.45) is 2.88. The maximum Gasteiger partial charge on any atom is 0.157 e. The Morgan fingerprint density at radius 1 is 1.32 bits per heavy atom. The van der Waals surface area contributed by atoms with Crippen molar-refractivity contribution in [2.75, 3.05) is 13.2 Å². The second-order valence-electron chi connectivity index (χ2n) is 5.78. The van der Waals surface area contributed by atoms with Crippen molar-refractivity contribution in [3.05, 3.63) is 23.8 Å². The fourth-order valence-electron chi connectivity index (χ4n) is 1.91. The normalized spacial score (nSPS) is 13.5. The molecule has 108 valence electrons. The first-order valence-corrected chi connectivity index (χ1v) is 7.13. The predicted octanol–water partition coefficient (Wildman–Crippen LogP) is 3.10. The highest BCUT2D eigenvalue weighted by Gasteiger charge is 2.29. The quantitative estimate of drug-likeness (QED) is 0.770. The van der Waals surface area contributed by atoms with Gasteiger partial charge in [-0.05, 0) is 31.4 Å². The van der Waals surface area contributed by atoms with Gasteiger partial charge >= 0.3 is 0 Å². The molecule has 4 nitrogen and oxygen atoms in total. The Balaban J connectivity index is 2.83. The molecule has 0 aliphatic heterocycles. The smallest absolute Gasteiger partial charge is 0.157 e. The van der Waals surface area contributed by atoms with Crippen LogP contribution in [-0.2, 0) is 11.3 Å². The Kier molecular flexibility index (Phi) is 6.38. The van der Waals surface area contributed by atoms with Crippen molar-refractivity contribution in [2.24, 2.45) is 5.41 Å². The molecule has 0 aromatic carbocycles. The first-order valence-electron chi connectivity index (χ1n) is 7.13. The molecule has 0 saturated carbocycles. The van der Waals surface area contributed by atoms with Crippen molar-refractivity contribution in [3.8, 4) is 0 Å². The fraction of sp³-hybridized carbons (Fsp3) is 0.733. The first kappa shape index (κ1) is 16.1. The lowest BCUT2D eigenvalue weighted by Crippen LogP contribution is -2.24. The molecule has 0 aliphatic carbocycles. The molecule has 1 rings (SSSR count). The van der Waals surface area contributed by atoms with E-state index in [0.717, 1.165) is 31.0 Å². The van der Waals surface area contributed by atoms with Crippen LogP contribution < -0.4 is 5.32 Å². The summed E-state index contributed by atoms with van der Waals surface area (Å²) < 4.78 is 5.83. The van der Waals surface area contributed by atoms with Crippen LogP contribution in [0.5, 0.6) is 0 Å². The van der Waals surface area contributed by atoms with Gasteiger partial charge in [0.25, 0.3) is 0 Å². The van der Waals surface area contributed by atoms with Crippen LogP contribution in [0.3, 0.4) is 0 Å². The van der Waals surface area contributed by atoms with Gasteiger partial charge in [-0.3, -0.25) is 0 Å². The Bertz CT molecular complexity index is 374. The number of rotatable bonds is 7. The zero-order chi connectivity index (χ0) is 14.3. The highest BCUT2D eigenvalue weighted by atomic mass is 16.5. The van der Waals surface area contributed by atoms with Crippen molar-refractivity contribution in [1.82, 2.24) is 15.3 Å². The molecule has 1 N–H and O–H groups in total. The topological polar surface area (TPSA) is 47.0 Å². The molecule has 1 aromatic heterocycles. The molecule has 1 unspecified atom stereocenters. The van der Waals surface area contributed by atoms with Gasteiger partial charge in [-0.15, -0.1) is 0 Å². The van der Waals surface area contributed by atoms with E-state index in [-0.39, 0.29) is 11.5 Å². The highest BCUT2D eigenvalue weighted by Crippen LogP contribution is 2.33. The van der Waals surface area contributed by atoms with E-state index in [1.807, 2.05) is 19.2 Å². The summed E-state index contributed by atoms with van der Waals surface area (Å²) >= 11 is 0. The van der Waals surface area contributed by atoms with Crippen LogP contribution in [0.15, 0.2) is 12.3 Å². The molecule has 0 fully saturated rings. The van der Waals surface area contributed by atoms with Gasteiger partial charge in [0.05, 0.1) is 5.69 Å². The lowest BCUT2D eigenvalue weighted by Gasteiger charge is -2.29. The average molecular weight is 265 g/mol. The van der Waals surface area contributed by atoms with E-state index in [4.69, 9.17) is 4.74 Å². The Morgan fingerprint density at radius 2 is 2.05 bits per heavy atom. The molecule has 0 radical (unpaired) electrons. The third kappa shape index (κ3) is 5.25. The Hall–Kier alpha value is -1.00. The molecule has 0 saturated heterocycles. The summed E-state index contributed by atoms with van der Waals surface area (Å²) in [6, 6.07) is 1.96. The summed E-state index contributed by atoms with van der Waals surface area (Å²) in [6.45, 7) is 13.1. The third-order valence-corrected chi connectivity index (χ3v) is 2.82. The number of hydrogen-bond acceptors (Lipinski definition) is 4. The van der Waals surface area contributed by atoms with Gasteiger partial charge in [0.15, 0.2) is 5.82 Å². The van der Waals surface area contributed by atoms with Gasteiger partial charge in [-0.1, -0.05) is 27.7 Å². The summed E-state index contributed by atoms with van der Waals surface area (Å²) in [5.41, 5.74) is 1.01. The first-order chi connectivity index (χ1) is 8.99. The van der Waals surface area contributed by atoms with E-state index in [0.29, 0.717) is 6.61 Å². The van der Waals surface area contributed by atoms with E-state index >= 15 is 0 Å². The van der Waals surface area contributed by atoms with E-state index in [1.54, 1.807) is 0 Å². The third-order valence-electron chi connectivity index (χ3n) is 2.82. The maximum atomic E-state index is 5.83. The minimum atomic E-state index is -0.0661. The number of nitrogens with zero attached hydrogens (tertiary/aromatic N) is 2. The van der Waals surface area contributed by atoms with Crippen LogP contribution in [-0.4, -0.2) is 23.1 Å². The van der Waals surface area contributed by atoms with Crippen molar-refractivity contribution in [2.45, 2.75) is 53.7 Å². The van der Waals surface area contributed by atoms with Crippen molar-refractivity contribution < 1.29 is 4.74 Å². The van der Waals surface area contributed by atoms with Crippen LogP contribution in [0.1, 0.15) is 58.7 Å². The molecule has 0 amide bonds. The summed E-state index contributed by atoms with van der Waals surface area (Å²) in [5.74, 6) is 0.783. The van der Waals surface area contributed by atoms with Gasteiger partial charge in [0, 0.05) is 19.3 Å². The molecule has 0 spiro atoms. The largest absolute Gasteiger partial charge is 0.370 e. The Labute approximate surface area is 117 Å². The highest BCUT2D eigenvalue weighted by molar-refractivity contribution is 5.06.